The molecule has 4 heteroatoms. The molecule has 0 saturated heterocycles. The number of carbonyl (C=O) groups is 1. The van der Waals surface area contributed by atoms with Gasteiger partial charge in [-0.15, -0.1) is 11.3 Å². The molecule has 1 N–H and O–H groups in total. The highest BCUT2D eigenvalue weighted by molar-refractivity contribution is 7.10. The highest BCUT2D eigenvalue weighted by Gasteiger charge is 2.11. The first kappa shape index (κ1) is 12.8. The van der Waals surface area contributed by atoms with Crippen LogP contribution in [0.3, 0.4) is 0 Å². The minimum Gasteiger partial charge on any atom is -0.348 e. The van der Waals surface area contributed by atoms with E-state index in [1.165, 1.54) is 12.1 Å². The van der Waals surface area contributed by atoms with Crippen LogP contribution in [-0.4, -0.2) is 5.91 Å². The highest BCUT2D eigenvalue weighted by Crippen LogP contribution is 2.20. The second kappa shape index (κ2) is 5.31. The van der Waals surface area contributed by atoms with Gasteiger partial charge >= 0.3 is 0 Å². The van der Waals surface area contributed by atoms with Crippen LogP contribution in [0.5, 0.6) is 0 Å². The van der Waals surface area contributed by atoms with Crippen LogP contribution in [-0.2, 0) is 6.54 Å². The van der Waals surface area contributed by atoms with Crippen molar-refractivity contribution in [3.63, 3.8) is 0 Å². The van der Waals surface area contributed by atoms with Gasteiger partial charge in [0.05, 0.1) is 5.56 Å². The maximum atomic E-state index is 12.7. The number of hydrogen-bond donors (Lipinski definition) is 1. The number of carbonyl (C=O) groups excluding carboxylic acids is 1. The number of aryl methyl sites for hydroxylation is 1. The molecule has 2 aromatic rings. The van der Waals surface area contributed by atoms with Crippen molar-refractivity contribution < 1.29 is 9.18 Å². The van der Waals surface area contributed by atoms with Gasteiger partial charge in [-0.2, -0.15) is 0 Å². The molecule has 18 heavy (non-hydrogen) atoms. The smallest absolute Gasteiger partial charge is 0.252 e. The van der Waals surface area contributed by atoms with Crippen LogP contribution in [0.4, 0.5) is 4.39 Å². The lowest BCUT2D eigenvalue weighted by atomic mass is 10.1. The Morgan fingerprint density at radius 1 is 1.28 bits per heavy atom. The lowest BCUT2D eigenvalue weighted by Gasteiger charge is -2.05. The van der Waals surface area contributed by atoms with Crippen LogP contribution in [0.1, 0.15) is 26.4 Å². The van der Waals surface area contributed by atoms with Gasteiger partial charge in [-0.25, -0.2) is 4.39 Å². The summed E-state index contributed by atoms with van der Waals surface area (Å²) in [6, 6.07) is 6.12. The van der Waals surface area contributed by atoms with E-state index in [9.17, 15) is 9.18 Å². The Morgan fingerprint density at radius 3 is 2.50 bits per heavy atom. The number of halogens is 1. The zero-order valence-electron chi connectivity index (χ0n) is 10.3. The number of hydrogen-bond acceptors (Lipinski definition) is 2. The van der Waals surface area contributed by atoms with Crippen LogP contribution in [0.15, 0.2) is 29.6 Å². The third kappa shape index (κ3) is 2.76. The molecule has 0 aliphatic heterocycles. The van der Waals surface area contributed by atoms with Gasteiger partial charge in [0.15, 0.2) is 0 Å². The van der Waals surface area contributed by atoms with Crippen LogP contribution in [0, 0.1) is 19.7 Å². The summed E-state index contributed by atoms with van der Waals surface area (Å²) >= 11 is 1.57. The second-order valence-corrected chi connectivity index (χ2v) is 5.22. The average molecular weight is 263 g/mol. The molecular formula is C14H14FNOS. The number of thiophene rings is 1. The highest BCUT2D eigenvalue weighted by atomic mass is 32.1. The first-order valence-electron chi connectivity index (χ1n) is 5.65. The molecule has 0 bridgehead atoms. The molecule has 0 saturated carbocycles. The third-order valence-corrected chi connectivity index (χ3v) is 3.91. The van der Waals surface area contributed by atoms with E-state index in [0.29, 0.717) is 6.54 Å². The fourth-order valence-electron chi connectivity index (χ4n) is 1.62. The molecule has 1 heterocycles. The van der Waals surface area contributed by atoms with Crippen LogP contribution in [0.25, 0.3) is 0 Å². The van der Waals surface area contributed by atoms with Gasteiger partial charge in [0.2, 0.25) is 0 Å². The number of benzene rings is 1. The summed E-state index contributed by atoms with van der Waals surface area (Å²) in [7, 11) is 0. The molecule has 2 rings (SSSR count). The predicted molar refractivity (Wildman–Crippen MR) is 71.4 cm³/mol. The van der Waals surface area contributed by atoms with E-state index in [1.54, 1.807) is 23.5 Å². The zero-order chi connectivity index (χ0) is 13.1. The van der Waals surface area contributed by atoms with Gasteiger partial charge in [0, 0.05) is 16.8 Å². The van der Waals surface area contributed by atoms with E-state index in [4.69, 9.17) is 0 Å². The Kier molecular flexibility index (Phi) is 3.77. The Morgan fingerprint density at radius 2 is 1.94 bits per heavy atom. The lowest BCUT2D eigenvalue weighted by Crippen LogP contribution is -2.23. The van der Waals surface area contributed by atoms with E-state index >= 15 is 0 Å². The van der Waals surface area contributed by atoms with E-state index < -0.39 is 0 Å². The van der Waals surface area contributed by atoms with Crippen LogP contribution < -0.4 is 5.32 Å². The maximum absolute atomic E-state index is 12.7. The molecule has 1 aromatic carbocycles. The Hall–Kier alpha value is -1.68. The summed E-state index contributed by atoms with van der Waals surface area (Å²) in [6.45, 7) is 4.35. The van der Waals surface area contributed by atoms with Gasteiger partial charge in [-0.05, 0) is 37.1 Å². The molecule has 94 valence electrons. The summed E-state index contributed by atoms with van der Waals surface area (Å²) in [4.78, 5) is 13.1. The fraction of sp³-hybridized carbons (Fsp3) is 0.214. The topological polar surface area (TPSA) is 29.1 Å². The molecule has 0 spiro atoms. The second-order valence-electron chi connectivity index (χ2n) is 4.14. The largest absolute Gasteiger partial charge is 0.348 e. The van der Waals surface area contributed by atoms with Crippen LogP contribution >= 0.6 is 11.3 Å². The number of amides is 1. The molecule has 0 unspecified atom stereocenters. The molecule has 0 radical (unpaired) electrons. The van der Waals surface area contributed by atoms with E-state index in [1.807, 2.05) is 19.2 Å². The zero-order valence-corrected chi connectivity index (χ0v) is 11.1. The van der Waals surface area contributed by atoms with Gasteiger partial charge in [0.1, 0.15) is 5.82 Å². The molecule has 0 aliphatic rings. The standard InChI is InChI=1S/C14H14FNOS/c1-9-10(2)18-8-13(9)14(17)16-7-11-3-5-12(15)6-4-11/h3-6,8H,7H2,1-2H3,(H,16,17). The molecule has 1 aromatic heterocycles. The molecule has 0 fully saturated rings. The van der Waals surface area contributed by atoms with E-state index in [2.05, 4.69) is 5.32 Å². The van der Waals surface area contributed by atoms with Crippen molar-refractivity contribution in [2.45, 2.75) is 20.4 Å². The first-order chi connectivity index (χ1) is 8.58. The van der Waals surface area contributed by atoms with Gasteiger partial charge < -0.3 is 5.32 Å². The van der Waals surface area contributed by atoms with Crippen molar-refractivity contribution in [2.24, 2.45) is 0 Å². The van der Waals surface area contributed by atoms with E-state index in [-0.39, 0.29) is 11.7 Å². The molecular weight excluding hydrogens is 249 g/mol. The van der Waals surface area contributed by atoms with Gasteiger partial charge in [0.25, 0.3) is 5.91 Å². The summed E-state index contributed by atoms with van der Waals surface area (Å²) in [6.07, 6.45) is 0. The SMILES string of the molecule is Cc1scc(C(=O)NCc2ccc(F)cc2)c1C. The van der Waals surface area contributed by atoms with Gasteiger partial charge in [-0.1, -0.05) is 12.1 Å². The monoisotopic (exact) mass is 263 g/mol. The minimum absolute atomic E-state index is 0.0822. The third-order valence-electron chi connectivity index (χ3n) is 2.90. The molecule has 0 atom stereocenters. The summed E-state index contributed by atoms with van der Waals surface area (Å²) < 4.78 is 12.7. The van der Waals surface area contributed by atoms with Gasteiger partial charge in [-0.3, -0.25) is 4.79 Å². The minimum atomic E-state index is -0.269. The summed E-state index contributed by atoms with van der Waals surface area (Å²) in [5.41, 5.74) is 2.63. The van der Waals surface area contributed by atoms with Crippen molar-refractivity contribution in [2.75, 3.05) is 0 Å². The number of rotatable bonds is 3. The first-order valence-corrected chi connectivity index (χ1v) is 6.53. The fourth-order valence-corrected chi connectivity index (χ4v) is 2.48. The molecule has 2 nitrogen and oxygen atoms in total. The molecule has 1 amide bonds. The Labute approximate surface area is 109 Å². The average Bonchev–Trinajstić information content (AvgIpc) is 2.69. The normalized spacial score (nSPS) is 10.4. The number of nitrogens with one attached hydrogen (secondary N) is 1. The van der Waals surface area contributed by atoms with Crippen molar-refractivity contribution in [3.05, 3.63) is 57.0 Å². The van der Waals surface area contributed by atoms with Crippen LogP contribution in [0.2, 0.25) is 0 Å². The Bertz CT molecular complexity index is 560. The van der Waals surface area contributed by atoms with Crippen molar-refractivity contribution >= 4 is 17.2 Å². The van der Waals surface area contributed by atoms with E-state index in [0.717, 1.165) is 21.6 Å². The maximum Gasteiger partial charge on any atom is 0.252 e. The van der Waals surface area contributed by atoms with Crippen molar-refractivity contribution in [3.8, 4) is 0 Å². The summed E-state index contributed by atoms with van der Waals surface area (Å²) in [5, 5.41) is 4.70. The summed E-state index contributed by atoms with van der Waals surface area (Å²) in [5.74, 6) is -0.351. The quantitative estimate of drug-likeness (QED) is 0.903. The van der Waals surface area contributed by atoms with Crippen molar-refractivity contribution in [1.29, 1.82) is 0 Å². The van der Waals surface area contributed by atoms with Crippen molar-refractivity contribution in [1.82, 2.24) is 5.32 Å². The molecule has 0 aliphatic carbocycles. The lowest BCUT2D eigenvalue weighted by molar-refractivity contribution is 0.0950. The Balaban J connectivity index is 2.00. The predicted octanol–water partition coefficient (Wildman–Crippen LogP) is 3.43.